The van der Waals surface area contributed by atoms with Crippen molar-refractivity contribution in [2.45, 2.75) is 40.0 Å². The lowest BCUT2D eigenvalue weighted by Gasteiger charge is -2.21. The molecule has 0 spiro atoms. The largest absolute Gasteiger partial charge is 0.338 e. The number of nitrogens with zero attached hydrogens (tertiary/aromatic N) is 1. The zero-order valence-electron chi connectivity index (χ0n) is 9.10. The van der Waals surface area contributed by atoms with Crippen LogP contribution < -0.4 is 5.32 Å². The first-order valence-corrected chi connectivity index (χ1v) is 5.29. The maximum absolute atomic E-state index is 11.5. The summed E-state index contributed by atoms with van der Waals surface area (Å²) < 4.78 is 0. The van der Waals surface area contributed by atoms with E-state index in [1.54, 1.807) is 0 Å². The molecule has 0 aliphatic heterocycles. The van der Waals surface area contributed by atoms with Gasteiger partial charge in [0.05, 0.1) is 0 Å². The summed E-state index contributed by atoms with van der Waals surface area (Å²) in [4.78, 5) is 13.3. The first-order chi connectivity index (χ1) is 6.26. The second-order valence-electron chi connectivity index (χ2n) is 3.18. The molecule has 0 unspecified atom stereocenters. The number of nitrogens with one attached hydrogen (secondary N) is 1. The van der Waals surface area contributed by atoms with E-state index in [-0.39, 0.29) is 6.03 Å². The predicted octanol–water partition coefficient (Wildman–Crippen LogP) is 2.23. The number of hydrogen-bond acceptors (Lipinski definition) is 1. The lowest BCUT2D eigenvalue weighted by molar-refractivity contribution is 0.197. The molecule has 0 saturated heterocycles. The van der Waals surface area contributed by atoms with Crippen molar-refractivity contribution in [3.63, 3.8) is 0 Å². The van der Waals surface area contributed by atoms with Crippen LogP contribution in [0.2, 0.25) is 0 Å². The molecule has 3 nitrogen and oxygen atoms in total. The zero-order chi connectivity index (χ0) is 10.1. The number of unbranched alkanes of at least 4 members (excludes halogenated alkanes) is 1. The van der Waals surface area contributed by atoms with Crippen molar-refractivity contribution in [1.29, 1.82) is 0 Å². The van der Waals surface area contributed by atoms with Crippen LogP contribution in [0.5, 0.6) is 0 Å². The van der Waals surface area contributed by atoms with Crippen molar-refractivity contribution >= 4 is 6.03 Å². The van der Waals surface area contributed by atoms with Crippen LogP contribution in [0.1, 0.15) is 40.0 Å². The van der Waals surface area contributed by atoms with E-state index in [9.17, 15) is 4.79 Å². The first-order valence-electron chi connectivity index (χ1n) is 5.29. The molecule has 2 amide bonds. The Morgan fingerprint density at radius 2 is 1.85 bits per heavy atom. The molecule has 0 atom stereocenters. The van der Waals surface area contributed by atoms with Gasteiger partial charge >= 0.3 is 6.03 Å². The van der Waals surface area contributed by atoms with Crippen molar-refractivity contribution in [1.82, 2.24) is 10.2 Å². The molecule has 0 aliphatic carbocycles. The minimum atomic E-state index is 0.0813. The molecule has 0 rings (SSSR count). The summed E-state index contributed by atoms with van der Waals surface area (Å²) in [5.74, 6) is 0. The summed E-state index contributed by atoms with van der Waals surface area (Å²) in [6.07, 6.45) is 3.26. The van der Waals surface area contributed by atoms with E-state index >= 15 is 0 Å². The highest BCUT2D eigenvalue weighted by molar-refractivity contribution is 5.74. The number of carbonyl (C=O) groups excluding carboxylic acids is 1. The lowest BCUT2D eigenvalue weighted by atomic mass is 10.3. The highest BCUT2D eigenvalue weighted by Crippen LogP contribution is 1.97. The molecule has 0 bridgehead atoms. The summed E-state index contributed by atoms with van der Waals surface area (Å²) in [6, 6.07) is 0.0813. The van der Waals surface area contributed by atoms with E-state index in [1.165, 1.54) is 0 Å². The number of hydrogen-bond donors (Lipinski definition) is 1. The third kappa shape index (κ3) is 5.50. The quantitative estimate of drug-likeness (QED) is 0.678. The van der Waals surface area contributed by atoms with Crippen molar-refractivity contribution in [3.05, 3.63) is 0 Å². The third-order valence-electron chi connectivity index (χ3n) is 1.89. The Balaban J connectivity index is 3.83. The van der Waals surface area contributed by atoms with E-state index in [4.69, 9.17) is 0 Å². The molecule has 0 aliphatic rings. The normalized spacial score (nSPS) is 9.77. The second-order valence-corrected chi connectivity index (χ2v) is 3.18. The molecule has 0 heterocycles. The smallest absolute Gasteiger partial charge is 0.317 e. The fourth-order valence-corrected chi connectivity index (χ4v) is 1.20. The van der Waals surface area contributed by atoms with Gasteiger partial charge in [0.1, 0.15) is 0 Å². The maximum Gasteiger partial charge on any atom is 0.317 e. The average molecular weight is 186 g/mol. The standard InChI is InChI=1S/C10H22N2O/c1-4-7-9-12(8-5-2)10(13)11-6-3/h4-9H2,1-3H3,(H,11,13). The maximum atomic E-state index is 11.5. The van der Waals surface area contributed by atoms with Crippen LogP contribution in [0.25, 0.3) is 0 Å². The fourth-order valence-electron chi connectivity index (χ4n) is 1.20. The first kappa shape index (κ1) is 12.3. The molecule has 0 saturated carbocycles. The summed E-state index contributed by atoms with van der Waals surface area (Å²) in [7, 11) is 0. The van der Waals surface area contributed by atoms with Gasteiger partial charge in [-0.15, -0.1) is 0 Å². The van der Waals surface area contributed by atoms with Crippen LogP contribution in [0, 0.1) is 0 Å². The van der Waals surface area contributed by atoms with Gasteiger partial charge in [-0.25, -0.2) is 4.79 Å². The van der Waals surface area contributed by atoms with Crippen LogP contribution in [0.4, 0.5) is 4.79 Å². The van der Waals surface area contributed by atoms with Crippen LogP contribution >= 0.6 is 0 Å². The van der Waals surface area contributed by atoms with Crippen LogP contribution in [-0.2, 0) is 0 Å². The van der Waals surface area contributed by atoms with E-state index in [0.717, 1.165) is 32.4 Å². The Labute approximate surface area is 81.5 Å². The number of carbonyl (C=O) groups is 1. The molecule has 1 N–H and O–H groups in total. The molecule has 0 fully saturated rings. The Morgan fingerprint density at radius 1 is 1.15 bits per heavy atom. The molecular weight excluding hydrogens is 164 g/mol. The molecule has 78 valence electrons. The van der Waals surface area contributed by atoms with Gasteiger partial charge in [0, 0.05) is 19.6 Å². The Kier molecular flexibility index (Phi) is 7.45. The molecule has 13 heavy (non-hydrogen) atoms. The van der Waals surface area contributed by atoms with Gasteiger partial charge in [-0.05, 0) is 19.8 Å². The summed E-state index contributed by atoms with van der Waals surface area (Å²) >= 11 is 0. The zero-order valence-corrected chi connectivity index (χ0v) is 9.10. The van der Waals surface area contributed by atoms with E-state index in [0.29, 0.717) is 6.54 Å². The molecule has 0 aromatic heterocycles. The van der Waals surface area contributed by atoms with Crippen LogP contribution in [0.3, 0.4) is 0 Å². The highest BCUT2D eigenvalue weighted by Gasteiger charge is 2.09. The summed E-state index contributed by atoms with van der Waals surface area (Å²) in [5.41, 5.74) is 0. The Hall–Kier alpha value is -0.730. The minimum Gasteiger partial charge on any atom is -0.338 e. The van der Waals surface area contributed by atoms with Gasteiger partial charge in [-0.3, -0.25) is 0 Å². The monoisotopic (exact) mass is 186 g/mol. The van der Waals surface area contributed by atoms with E-state index in [1.807, 2.05) is 11.8 Å². The van der Waals surface area contributed by atoms with E-state index in [2.05, 4.69) is 19.2 Å². The van der Waals surface area contributed by atoms with Crippen molar-refractivity contribution in [2.24, 2.45) is 0 Å². The van der Waals surface area contributed by atoms with Gasteiger partial charge in [0.25, 0.3) is 0 Å². The van der Waals surface area contributed by atoms with Crippen molar-refractivity contribution in [3.8, 4) is 0 Å². The highest BCUT2D eigenvalue weighted by atomic mass is 16.2. The third-order valence-corrected chi connectivity index (χ3v) is 1.89. The summed E-state index contributed by atoms with van der Waals surface area (Å²) in [6.45, 7) is 8.65. The molecule has 3 heteroatoms. The fraction of sp³-hybridized carbons (Fsp3) is 0.900. The van der Waals surface area contributed by atoms with Crippen molar-refractivity contribution < 1.29 is 4.79 Å². The lowest BCUT2D eigenvalue weighted by Crippen LogP contribution is -2.40. The van der Waals surface area contributed by atoms with Crippen molar-refractivity contribution in [2.75, 3.05) is 19.6 Å². The van der Waals surface area contributed by atoms with Crippen LogP contribution in [-0.4, -0.2) is 30.6 Å². The SMILES string of the molecule is CCCCN(CCC)C(=O)NCC. The molecule has 0 aromatic carbocycles. The van der Waals surface area contributed by atoms with Gasteiger partial charge in [0.2, 0.25) is 0 Å². The van der Waals surface area contributed by atoms with Gasteiger partial charge in [-0.2, -0.15) is 0 Å². The van der Waals surface area contributed by atoms with Gasteiger partial charge < -0.3 is 10.2 Å². The molecule has 0 radical (unpaired) electrons. The Bertz CT molecular complexity index is 137. The predicted molar refractivity (Wildman–Crippen MR) is 55.8 cm³/mol. The average Bonchev–Trinajstić information content (AvgIpc) is 2.12. The number of rotatable bonds is 6. The van der Waals surface area contributed by atoms with Crippen LogP contribution in [0.15, 0.2) is 0 Å². The molecular formula is C10H22N2O. The Morgan fingerprint density at radius 3 is 2.31 bits per heavy atom. The minimum absolute atomic E-state index is 0.0813. The van der Waals surface area contributed by atoms with Gasteiger partial charge in [-0.1, -0.05) is 20.3 Å². The second kappa shape index (κ2) is 7.90. The topological polar surface area (TPSA) is 32.3 Å². The summed E-state index contributed by atoms with van der Waals surface area (Å²) in [5, 5.41) is 2.83. The number of urea groups is 1. The number of amides is 2. The molecule has 0 aromatic rings. The van der Waals surface area contributed by atoms with Gasteiger partial charge in [0.15, 0.2) is 0 Å². The van der Waals surface area contributed by atoms with E-state index < -0.39 is 0 Å².